The number of carbonyl (C=O) groups is 1. The van der Waals surface area contributed by atoms with Crippen LogP contribution in [0.4, 0.5) is 5.69 Å². The number of aromatic nitrogens is 1. The quantitative estimate of drug-likeness (QED) is 0.927. The zero-order valence-electron chi connectivity index (χ0n) is 13.2. The SMILES string of the molecule is COc1ncc(NC(=O)C2(OC)CCC(C)CC2)cc1C. The molecule has 0 atom stereocenters. The molecule has 0 aliphatic heterocycles. The van der Waals surface area contributed by atoms with Crippen LogP contribution < -0.4 is 10.1 Å². The highest BCUT2D eigenvalue weighted by molar-refractivity contribution is 5.97. The molecule has 0 spiro atoms. The maximum absolute atomic E-state index is 12.6. The first kappa shape index (κ1) is 15.8. The molecule has 1 saturated carbocycles. The third-order valence-corrected chi connectivity index (χ3v) is 4.37. The summed E-state index contributed by atoms with van der Waals surface area (Å²) < 4.78 is 10.7. The second kappa shape index (κ2) is 6.43. The summed E-state index contributed by atoms with van der Waals surface area (Å²) in [6.07, 6.45) is 5.17. The molecule has 1 aromatic rings. The Hall–Kier alpha value is -1.62. The van der Waals surface area contributed by atoms with Gasteiger partial charge in [0.05, 0.1) is 19.0 Å². The highest BCUT2D eigenvalue weighted by atomic mass is 16.5. The van der Waals surface area contributed by atoms with Crippen molar-refractivity contribution in [3.05, 3.63) is 17.8 Å². The van der Waals surface area contributed by atoms with Crippen molar-refractivity contribution < 1.29 is 14.3 Å². The summed E-state index contributed by atoms with van der Waals surface area (Å²) >= 11 is 0. The molecule has 116 valence electrons. The summed E-state index contributed by atoms with van der Waals surface area (Å²) in [6.45, 7) is 4.12. The van der Waals surface area contributed by atoms with E-state index < -0.39 is 5.60 Å². The minimum Gasteiger partial charge on any atom is -0.481 e. The van der Waals surface area contributed by atoms with Crippen molar-refractivity contribution in [2.24, 2.45) is 5.92 Å². The van der Waals surface area contributed by atoms with Crippen LogP contribution in [0.15, 0.2) is 12.3 Å². The Balaban J connectivity index is 2.11. The standard InChI is InChI=1S/C16H24N2O3/c1-11-5-7-16(21-4,8-6-11)15(19)18-13-9-12(2)14(20-3)17-10-13/h9-11H,5-8H2,1-4H3,(H,18,19). The van der Waals surface area contributed by atoms with Gasteiger partial charge in [-0.25, -0.2) is 4.98 Å². The number of hydrogen-bond donors (Lipinski definition) is 1. The van der Waals surface area contributed by atoms with Gasteiger partial charge in [0.1, 0.15) is 5.60 Å². The van der Waals surface area contributed by atoms with Crippen molar-refractivity contribution in [3.8, 4) is 5.88 Å². The van der Waals surface area contributed by atoms with Crippen LogP contribution >= 0.6 is 0 Å². The van der Waals surface area contributed by atoms with Crippen molar-refractivity contribution in [2.45, 2.75) is 45.1 Å². The first-order valence-electron chi connectivity index (χ1n) is 7.38. The largest absolute Gasteiger partial charge is 0.481 e. The summed E-state index contributed by atoms with van der Waals surface area (Å²) in [6, 6.07) is 1.86. The molecule has 1 aromatic heterocycles. The van der Waals surface area contributed by atoms with Gasteiger partial charge in [-0.1, -0.05) is 6.92 Å². The zero-order valence-corrected chi connectivity index (χ0v) is 13.2. The molecule has 0 radical (unpaired) electrons. The molecule has 0 aromatic carbocycles. The molecule has 0 bridgehead atoms. The average Bonchev–Trinajstić information content (AvgIpc) is 2.48. The van der Waals surface area contributed by atoms with Gasteiger partial charge in [0.15, 0.2) is 0 Å². The normalized spacial score (nSPS) is 25.4. The molecule has 5 nitrogen and oxygen atoms in total. The lowest BCUT2D eigenvalue weighted by atomic mass is 9.79. The van der Waals surface area contributed by atoms with E-state index in [0.717, 1.165) is 31.2 Å². The van der Waals surface area contributed by atoms with Crippen LogP contribution in [0.25, 0.3) is 0 Å². The van der Waals surface area contributed by atoms with Crippen LogP contribution in [-0.2, 0) is 9.53 Å². The van der Waals surface area contributed by atoms with E-state index in [2.05, 4.69) is 17.2 Å². The highest BCUT2D eigenvalue weighted by Gasteiger charge is 2.41. The summed E-state index contributed by atoms with van der Waals surface area (Å²) in [5, 5.41) is 2.93. The van der Waals surface area contributed by atoms with Crippen LogP contribution in [0.1, 0.15) is 38.2 Å². The van der Waals surface area contributed by atoms with E-state index in [9.17, 15) is 4.79 Å². The molecular formula is C16H24N2O3. The van der Waals surface area contributed by atoms with E-state index in [0.29, 0.717) is 17.5 Å². The molecule has 1 amide bonds. The van der Waals surface area contributed by atoms with Crippen LogP contribution in [0.3, 0.4) is 0 Å². The van der Waals surface area contributed by atoms with Crippen LogP contribution in [0.2, 0.25) is 0 Å². The fraction of sp³-hybridized carbons (Fsp3) is 0.625. The fourth-order valence-electron chi connectivity index (χ4n) is 2.84. The molecule has 0 saturated heterocycles. The topological polar surface area (TPSA) is 60.5 Å². The monoisotopic (exact) mass is 292 g/mol. The summed E-state index contributed by atoms with van der Waals surface area (Å²) in [5.74, 6) is 1.15. The van der Waals surface area contributed by atoms with E-state index in [1.54, 1.807) is 20.4 Å². The molecule has 1 aliphatic rings. The van der Waals surface area contributed by atoms with E-state index in [1.807, 2.05) is 13.0 Å². The highest BCUT2D eigenvalue weighted by Crippen LogP contribution is 2.35. The molecule has 1 heterocycles. The first-order valence-corrected chi connectivity index (χ1v) is 7.38. The van der Waals surface area contributed by atoms with Crippen molar-refractivity contribution in [1.82, 2.24) is 4.98 Å². The Bertz CT molecular complexity index is 508. The molecule has 1 aliphatic carbocycles. The number of nitrogens with zero attached hydrogens (tertiary/aromatic N) is 1. The Kier molecular flexibility index (Phi) is 4.83. The summed E-state index contributed by atoms with van der Waals surface area (Å²) in [4.78, 5) is 16.8. The number of amides is 1. The fourth-order valence-corrected chi connectivity index (χ4v) is 2.84. The lowest BCUT2D eigenvalue weighted by Crippen LogP contribution is -2.47. The minimum atomic E-state index is -0.708. The molecule has 2 rings (SSSR count). The number of anilines is 1. The van der Waals surface area contributed by atoms with E-state index in [-0.39, 0.29) is 5.91 Å². The number of rotatable bonds is 4. The van der Waals surface area contributed by atoms with E-state index >= 15 is 0 Å². The lowest BCUT2D eigenvalue weighted by molar-refractivity contribution is -0.142. The van der Waals surface area contributed by atoms with Crippen LogP contribution in [-0.4, -0.2) is 30.7 Å². The van der Waals surface area contributed by atoms with Gasteiger partial charge in [0, 0.05) is 12.7 Å². The number of aryl methyl sites for hydroxylation is 1. The molecular weight excluding hydrogens is 268 g/mol. The molecule has 1 fully saturated rings. The predicted octanol–water partition coefficient (Wildman–Crippen LogP) is 2.93. The predicted molar refractivity (Wildman–Crippen MR) is 81.5 cm³/mol. The van der Waals surface area contributed by atoms with E-state index in [4.69, 9.17) is 9.47 Å². The molecule has 5 heteroatoms. The van der Waals surface area contributed by atoms with Gasteiger partial charge in [-0.15, -0.1) is 0 Å². The molecule has 0 unspecified atom stereocenters. The van der Waals surface area contributed by atoms with Gasteiger partial charge in [-0.2, -0.15) is 0 Å². The molecule has 21 heavy (non-hydrogen) atoms. The van der Waals surface area contributed by atoms with Crippen molar-refractivity contribution >= 4 is 11.6 Å². The number of ether oxygens (including phenoxy) is 2. The number of hydrogen-bond acceptors (Lipinski definition) is 4. The first-order chi connectivity index (χ1) is 10.0. The van der Waals surface area contributed by atoms with Gasteiger partial charge in [-0.05, 0) is 44.6 Å². The Morgan fingerprint density at radius 1 is 1.38 bits per heavy atom. The summed E-state index contributed by atoms with van der Waals surface area (Å²) in [7, 11) is 3.20. The zero-order chi connectivity index (χ0) is 15.5. The Morgan fingerprint density at radius 2 is 2.05 bits per heavy atom. The average molecular weight is 292 g/mol. The van der Waals surface area contributed by atoms with Crippen LogP contribution in [0.5, 0.6) is 5.88 Å². The number of carbonyl (C=O) groups excluding carboxylic acids is 1. The van der Waals surface area contributed by atoms with Gasteiger partial charge >= 0.3 is 0 Å². The van der Waals surface area contributed by atoms with Crippen molar-refractivity contribution in [1.29, 1.82) is 0 Å². The number of methoxy groups -OCH3 is 2. The Labute approximate surface area is 126 Å². The smallest absolute Gasteiger partial charge is 0.256 e. The minimum absolute atomic E-state index is 0.0803. The van der Waals surface area contributed by atoms with Gasteiger partial charge in [-0.3, -0.25) is 4.79 Å². The van der Waals surface area contributed by atoms with Crippen molar-refractivity contribution in [3.63, 3.8) is 0 Å². The van der Waals surface area contributed by atoms with Gasteiger partial charge in [0.2, 0.25) is 5.88 Å². The van der Waals surface area contributed by atoms with Gasteiger partial charge < -0.3 is 14.8 Å². The third-order valence-electron chi connectivity index (χ3n) is 4.37. The number of pyridine rings is 1. The number of nitrogens with one attached hydrogen (secondary N) is 1. The van der Waals surface area contributed by atoms with Crippen molar-refractivity contribution in [2.75, 3.05) is 19.5 Å². The lowest BCUT2D eigenvalue weighted by Gasteiger charge is -2.36. The van der Waals surface area contributed by atoms with Crippen LogP contribution in [0, 0.1) is 12.8 Å². The Morgan fingerprint density at radius 3 is 2.57 bits per heavy atom. The summed E-state index contributed by atoms with van der Waals surface area (Å²) in [5.41, 5.74) is 0.854. The third kappa shape index (κ3) is 3.35. The second-order valence-corrected chi connectivity index (χ2v) is 5.89. The van der Waals surface area contributed by atoms with Gasteiger partial charge in [0.25, 0.3) is 5.91 Å². The molecule has 1 N–H and O–H groups in total. The van der Waals surface area contributed by atoms with E-state index in [1.165, 1.54) is 0 Å². The maximum atomic E-state index is 12.6. The second-order valence-electron chi connectivity index (χ2n) is 5.89. The maximum Gasteiger partial charge on any atom is 0.256 e.